The highest BCUT2D eigenvalue weighted by molar-refractivity contribution is 6.26. The highest BCUT2D eigenvalue weighted by Crippen LogP contribution is 2.26. The van der Waals surface area contributed by atoms with E-state index in [0.29, 0.717) is 0 Å². The Kier molecular flexibility index (Phi) is 1.82. The summed E-state index contributed by atoms with van der Waals surface area (Å²) in [6.07, 6.45) is 2.59. The van der Waals surface area contributed by atoms with Gasteiger partial charge in [0, 0.05) is 6.20 Å². The fraction of sp³-hybridized carbons (Fsp3) is 0. The Labute approximate surface area is 95.8 Å². The number of carbonyl (C=O) groups is 2. The van der Waals surface area contributed by atoms with Crippen molar-refractivity contribution >= 4 is 11.6 Å². The van der Waals surface area contributed by atoms with Crippen LogP contribution >= 0.6 is 0 Å². The van der Waals surface area contributed by atoms with Gasteiger partial charge in [0.15, 0.2) is 5.78 Å². The maximum absolute atomic E-state index is 12.1. The maximum Gasteiger partial charge on any atom is 0.231 e. The number of pyridine rings is 2. The van der Waals surface area contributed by atoms with Crippen molar-refractivity contribution in [3.8, 4) is 5.75 Å². The monoisotopic (exact) mass is 226 g/mol. The molecule has 0 unspecified atom stereocenters. The van der Waals surface area contributed by atoms with E-state index in [9.17, 15) is 14.7 Å². The lowest BCUT2D eigenvalue weighted by atomic mass is 9.90. The third-order valence-corrected chi connectivity index (χ3v) is 2.60. The van der Waals surface area contributed by atoms with Crippen molar-refractivity contribution in [2.45, 2.75) is 0 Å². The molecule has 17 heavy (non-hydrogen) atoms. The topological polar surface area (TPSA) is 80.2 Å². The molecule has 1 aliphatic carbocycles. The maximum atomic E-state index is 12.1. The summed E-state index contributed by atoms with van der Waals surface area (Å²) < 4.78 is 0. The van der Waals surface area contributed by atoms with Gasteiger partial charge < -0.3 is 5.11 Å². The second kappa shape index (κ2) is 3.21. The molecule has 1 N–H and O–H groups in total. The van der Waals surface area contributed by atoms with Crippen LogP contribution in [0.5, 0.6) is 5.75 Å². The van der Waals surface area contributed by atoms with E-state index >= 15 is 0 Å². The van der Waals surface area contributed by atoms with Crippen LogP contribution in [0.15, 0.2) is 30.6 Å². The fourth-order valence-electron chi connectivity index (χ4n) is 1.83. The first kappa shape index (κ1) is 9.65. The van der Waals surface area contributed by atoms with Crippen LogP contribution in [-0.2, 0) is 0 Å². The fourth-order valence-corrected chi connectivity index (χ4v) is 1.83. The Balaban J connectivity index is 2.33. The minimum atomic E-state index is -0.393. The highest BCUT2D eigenvalue weighted by Gasteiger charge is 2.31. The Hall–Kier alpha value is -2.56. The van der Waals surface area contributed by atoms with E-state index in [1.165, 1.54) is 18.3 Å². The van der Waals surface area contributed by atoms with Crippen LogP contribution in [0.25, 0.3) is 0 Å². The number of nitrogens with zero attached hydrogens (tertiary/aromatic N) is 2. The molecule has 0 amide bonds. The van der Waals surface area contributed by atoms with Crippen LogP contribution < -0.4 is 0 Å². The van der Waals surface area contributed by atoms with E-state index in [2.05, 4.69) is 9.97 Å². The molecule has 2 heterocycles. The van der Waals surface area contributed by atoms with Gasteiger partial charge >= 0.3 is 0 Å². The van der Waals surface area contributed by atoms with Crippen LogP contribution in [0.2, 0.25) is 0 Å². The van der Waals surface area contributed by atoms with E-state index in [0.717, 1.165) is 6.20 Å². The van der Waals surface area contributed by atoms with Crippen LogP contribution in [0, 0.1) is 0 Å². The van der Waals surface area contributed by atoms with Crippen molar-refractivity contribution in [3.05, 3.63) is 53.1 Å². The number of ketones is 2. The lowest BCUT2D eigenvalue weighted by Crippen LogP contribution is -2.23. The summed E-state index contributed by atoms with van der Waals surface area (Å²) in [5.74, 6) is -0.876. The van der Waals surface area contributed by atoms with Gasteiger partial charge in [-0.25, -0.2) is 4.98 Å². The molecule has 0 bridgehead atoms. The molecular formula is C12H6N2O3. The van der Waals surface area contributed by atoms with Gasteiger partial charge in [0.1, 0.15) is 17.1 Å². The number of carbonyl (C=O) groups excluding carboxylic acids is 2. The van der Waals surface area contributed by atoms with Gasteiger partial charge in [0.05, 0.1) is 17.3 Å². The first-order valence-electron chi connectivity index (χ1n) is 4.92. The predicted molar refractivity (Wildman–Crippen MR) is 57.0 cm³/mol. The Morgan fingerprint density at radius 3 is 2.59 bits per heavy atom. The van der Waals surface area contributed by atoms with Gasteiger partial charge in [-0.05, 0) is 18.2 Å². The molecule has 0 aliphatic heterocycles. The summed E-state index contributed by atoms with van der Waals surface area (Å²) in [5, 5.41) is 9.30. The number of hydrogen-bond donors (Lipinski definition) is 1. The zero-order chi connectivity index (χ0) is 12.0. The second-order valence-corrected chi connectivity index (χ2v) is 3.65. The molecule has 0 fully saturated rings. The Morgan fingerprint density at radius 2 is 1.76 bits per heavy atom. The zero-order valence-corrected chi connectivity index (χ0v) is 8.54. The minimum Gasteiger partial charge on any atom is -0.506 e. The summed E-state index contributed by atoms with van der Waals surface area (Å²) >= 11 is 0. The average Bonchev–Trinajstić information content (AvgIpc) is 2.36. The summed E-state index contributed by atoms with van der Waals surface area (Å²) in [5.41, 5.74) is 0.523. The molecule has 2 aromatic heterocycles. The van der Waals surface area contributed by atoms with Crippen molar-refractivity contribution in [2.24, 2.45) is 0 Å². The van der Waals surface area contributed by atoms with Gasteiger partial charge in [-0.2, -0.15) is 0 Å². The first-order valence-corrected chi connectivity index (χ1v) is 4.92. The van der Waals surface area contributed by atoms with Crippen molar-refractivity contribution in [1.29, 1.82) is 0 Å². The molecular weight excluding hydrogens is 220 g/mol. The highest BCUT2D eigenvalue weighted by atomic mass is 16.3. The lowest BCUT2D eigenvalue weighted by Gasteiger charge is -2.14. The number of fused-ring (bicyclic) bond motifs is 2. The van der Waals surface area contributed by atoms with Gasteiger partial charge in [0.25, 0.3) is 0 Å². The first-order chi connectivity index (χ1) is 8.18. The summed E-state index contributed by atoms with van der Waals surface area (Å²) in [4.78, 5) is 31.8. The number of aromatic hydroxyl groups is 1. The molecule has 3 rings (SSSR count). The van der Waals surface area contributed by atoms with Gasteiger partial charge in [-0.1, -0.05) is 0 Å². The number of hydrogen-bond acceptors (Lipinski definition) is 5. The minimum absolute atomic E-state index is 0.0407. The standard InChI is InChI=1S/C12H6N2O3/c15-6-4-8-10(14-5-6)12(17)9-7(11(8)16)2-1-3-13-9/h1-5,15H. The second-order valence-electron chi connectivity index (χ2n) is 3.65. The zero-order valence-electron chi connectivity index (χ0n) is 8.54. The molecule has 0 saturated carbocycles. The van der Waals surface area contributed by atoms with Crippen molar-refractivity contribution < 1.29 is 14.7 Å². The normalized spacial score (nSPS) is 13.2. The van der Waals surface area contributed by atoms with Crippen LogP contribution in [-0.4, -0.2) is 26.6 Å². The molecule has 1 aliphatic rings. The Morgan fingerprint density at radius 1 is 1.00 bits per heavy atom. The van der Waals surface area contributed by atoms with Crippen molar-refractivity contribution in [3.63, 3.8) is 0 Å². The summed E-state index contributed by atoms with van der Waals surface area (Å²) in [6, 6.07) is 4.37. The molecule has 0 atom stereocenters. The molecule has 0 aromatic carbocycles. The quantitative estimate of drug-likeness (QED) is 0.617. The predicted octanol–water partition coefficient (Wildman–Crippen LogP) is 0.958. The molecule has 82 valence electrons. The molecule has 0 saturated heterocycles. The van der Waals surface area contributed by atoms with E-state index in [4.69, 9.17) is 0 Å². The van der Waals surface area contributed by atoms with Crippen LogP contribution in [0.1, 0.15) is 32.1 Å². The SMILES string of the molecule is O=C1c2cccnc2C(=O)c2ncc(O)cc21. The molecule has 5 nitrogen and oxygen atoms in total. The molecule has 0 spiro atoms. The lowest BCUT2D eigenvalue weighted by molar-refractivity contribution is 0.0971. The summed E-state index contributed by atoms with van der Waals surface area (Å²) in [7, 11) is 0. The third-order valence-electron chi connectivity index (χ3n) is 2.60. The van der Waals surface area contributed by atoms with Crippen molar-refractivity contribution in [2.75, 3.05) is 0 Å². The Bertz CT molecular complexity index is 665. The average molecular weight is 226 g/mol. The number of rotatable bonds is 0. The van der Waals surface area contributed by atoms with Gasteiger partial charge in [-0.15, -0.1) is 0 Å². The van der Waals surface area contributed by atoms with Crippen molar-refractivity contribution in [1.82, 2.24) is 9.97 Å². The molecule has 2 aromatic rings. The summed E-state index contributed by atoms with van der Waals surface area (Å²) in [6.45, 7) is 0. The molecule has 5 heteroatoms. The van der Waals surface area contributed by atoms with Crippen LogP contribution in [0.3, 0.4) is 0 Å². The smallest absolute Gasteiger partial charge is 0.231 e. The van der Waals surface area contributed by atoms with Gasteiger partial charge in [-0.3, -0.25) is 14.6 Å². The molecule has 0 radical (unpaired) electrons. The van der Waals surface area contributed by atoms with E-state index in [-0.39, 0.29) is 34.0 Å². The number of aromatic nitrogens is 2. The van der Waals surface area contributed by atoms with E-state index in [1.807, 2.05) is 0 Å². The van der Waals surface area contributed by atoms with E-state index in [1.54, 1.807) is 6.07 Å². The largest absolute Gasteiger partial charge is 0.506 e. The van der Waals surface area contributed by atoms with Crippen LogP contribution in [0.4, 0.5) is 0 Å². The third kappa shape index (κ3) is 1.25. The van der Waals surface area contributed by atoms with E-state index < -0.39 is 5.78 Å². The van der Waals surface area contributed by atoms with Gasteiger partial charge in [0.2, 0.25) is 5.78 Å².